The molecule has 2 N–H and O–H groups in total. The highest BCUT2D eigenvalue weighted by molar-refractivity contribution is 5.74. The first-order valence-electron chi connectivity index (χ1n) is 8.38. The standard InChI is InChI=1S/C19H24FN3O3/c1-12(2)26-18-8-5-14(10-21-18)11-22-19(24)23-13(3)15-6-7-17(25-4)16(20)9-15/h5-10,12-13H,11H2,1-4H3,(H2,22,23,24). The van der Waals surface area contributed by atoms with Gasteiger partial charge < -0.3 is 20.1 Å². The Morgan fingerprint density at radius 2 is 2.00 bits per heavy atom. The maximum absolute atomic E-state index is 13.8. The van der Waals surface area contributed by atoms with E-state index in [9.17, 15) is 9.18 Å². The lowest BCUT2D eigenvalue weighted by molar-refractivity contribution is 0.232. The zero-order chi connectivity index (χ0) is 19.1. The van der Waals surface area contributed by atoms with Gasteiger partial charge in [-0.2, -0.15) is 0 Å². The molecule has 140 valence electrons. The van der Waals surface area contributed by atoms with Crippen LogP contribution < -0.4 is 20.1 Å². The Balaban J connectivity index is 1.85. The van der Waals surface area contributed by atoms with Gasteiger partial charge in [0.2, 0.25) is 5.88 Å². The highest BCUT2D eigenvalue weighted by Crippen LogP contribution is 2.21. The maximum atomic E-state index is 13.8. The summed E-state index contributed by atoms with van der Waals surface area (Å²) in [7, 11) is 1.41. The van der Waals surface area contributed by atoms with Crippen molar-refractivity contribution in [3.8, 4) is 11.6 Å². The first-order chi connectivity index (χ1) is 12.4. The number of aromatic nitrogens is 1. The van der Waals surface area contributed by atoms with E-state index in [4.69, 9.17) is 9.47 Å². The number of halogens is 1. The normalized spacial score (nSPS) is 11.8. The van der Waals surface area contributed by atoms with Crippen LogP contribution in [0.25, 0.3) is 0 Å². The number of nitrogens with one attached hydrogen (secondary N) is 2. The molecule has 0 radical (unpaired) electrons. The average molecular weight is 361 g/mol. The Morgan fingerprint density at radius 1 is 1.23 bits per heavy atom. The Kier molecular flexibility index (Phi) is 6.77. The lowest BCUT2D eigenvalue weighted by atomic mass is 10.1. The van der Waals surface area contributed by atoms with Crippen molar-refractivity contribution >= 4 is 6.03 Å². The van der Waals surface area contributed by atoms with Crippen LogP contribution in [0.15, 0.2) is 36.5 Å². The maximum Gasteiger partial charge on any atom is 0.315 e. The predicted octanol–water partition coefficient (Wildman–Crippen LogP) is 3.58. The number of benzene rings is 1. The third kappa shape index (κ3) is 5.61. The summed E-state index contributed by atoms with van der Waals surface area (Å²) in [6.45, 7) is 5.96. The summed E-state index contributed by atoms with van der Waals surface area (Å²) in [5.41, 5.74) is 1.50. The molecule has 0 fully saturated rings. The number of hydrogen-bond donors (Lipinski definition) is 2. The molecule has 1 heterocycles. The molecule has 6 nitrogen and oxygen atoms in total. The molecule has 1 aromatic heterocycles. The van der Waals surface area contributed by atoms with Crippen LogP contribution in [0.3, 0.4) is 0 Å². The highest BCUT2D eigenvalue weighted by Gasteiger charge is 2.12. The van der Waals surface area contributed by atoms with Crippen molar-refractivity contribution in [3.63, 3.8) is 0 Å². The summed E-state index contributed by atoms with van der Waals surface area (Å²) >= 11 is 0. The fourth-order valence-corrected chi connectivity index (χ4v) is 2.29. The van der Waals surface area contributed by atoms with Gasteiger partial charge in [0.15, 0.2) is 11.6 Å². The number of nitrogens with zero attached hydrogens (tertiary/aromatic N) is 1. The van der Waals surface area contributed by atoms with E-state index in [1.54, 1.807) is 25.3 Å². The lowest BCUT2D eigenvalue weighted by Crippen LogP contribution is -2.36. The van der Waals surface area contributed by atoms with Crippen molar-refractivity contribution in [3.05, 3.63) is 53.5 Å². The summed E-state index contributed by atoms with van der Waals surface area (Å²) in [4.78, 5) is 16.2. The van der Waals surface area contributed by atoms with Crippen LogP contribution >= 0.6 is 0 Å². The average Bonchev–Trinajstić information content (AvgIpc) is 2.60. The number of hydrogen-bond acceptors (Lipinski definition) is 4. The molecule has 1 atom stereocenters. The number of carbonyl (C=O) groups is 1. The second kappa shape index (κ2) is 9.03. The van der Waals surface area contributed by atoms with E-state index >= 15 is 0 Å². The van der Waals surface area contributed by atoms with Crippen LogP contribution in [0.2, 0.25) is 0 Å². The molecule has 0 aliphatic rings. The molecule has 0 bridgehead atoms. The van der Waals surface area contributed by atoms with E-state index in [2.05, 4.69) is 15.6 Å². The SMILES string of the molecule is COc1ccc(C(C)NC(=O)NCc2ccc(OC(C)C)nc2)cc1F. The van der Waals surface area contributed by atoms with Crippen molar-refractivity contribution in [2.45, 2.75) is 39.5 Å². The predicted molar refractivity (Wildman–Crippen MR) is 96.7 cm³/mol. The van der Waals surface area contributed by atoms with Crippen LogP contribution in [0.5, 0.6) is 11.6 Å². The fourth-order valence-electron chi connectivity index (χ4n) is 2.29. The molecule has 2 aromatic rings. The first-order valence-corrected chi connectivity index (χ1v) is 8.38. The minimum Gasteiger partial charge on any atom is -0.494 e. The number of rotatable bonds is 7. The van der Waals surface area contributed by atoms with Crippen LogP contribution in [-0.4, -0.2) is 24.2 Å². The molecule has 1 unspecified atom stereocenters. The number of pyridine rings is 1. The summed E-state index contributed by atoms with van der Waals surface area (Å²) in [5.74, 6) is 0.250. The molecule has 0 spiro atoms. The third-order valence-corrected chi connectivity index (χ3v) is 3.63. The molecule has 0 aliphatic heterocycles. The van der Waals surface area contributed by atoms with Crippen LogP contribution in [0.4, 0.5) is 9.18 Å². The Bertz CT molecular complexity index is 735. The van der Waals surface area contributed by atoms with Crippen LogP contribution in [0, 0.1) is 5.82 Å². The van der Waals surface area contributed by atoms with E-state index < -0.39 is 5.82 Å². The van der Waals surface area contributed by atoms with Crippen molar-refractivity contribution in [1.29, 1.82) is 0 Å². The smallest absolute Gasteiger partial charge is 0.315 e. The quantitative estimate of drug-likeness (QED) is 0.791. The summed E-state index contributed by atoms with van der Waals surface area (Å²) < 4.78 is 24.1. The molecule has 7 heteroatoms. The van der Waals surface area contributed by atoms with Crippen molar-refractivity contribution < 1.29 is 18.7 Å². The van der Waals surface area contributed by atoms with E-state index in [0.29, 0.717) is 18.0 Å². The van der Waals surface area contributed by atoms with Gasteiger partial charge >= 0.3 is 6.03 Å². The largest absolute Gasteiger partial charge is 0.494 e. The van der Waals surface area contributed by atoms with Crippen molar-refractivity contribution in [1.82, 2.24) is 15.6 Å². The molecule has 26 heavy (non-hydrogen) atoms. The van der Waals surface area contributed by atoms with Crippen LogP contribution in [0.1, 0.15) is 37.9 Å². The van der Waals surface area contributed by atoms with E-state index in [-0.39, 0.29) is 23.9 Å². The van der Waals surface area contributed by atoms with E-state index in [1.165, 1.54) is 19.2 Å². The zero-order valence-electron chi connectivity index (χ0n) is 15.4. The molecular formula is C19H24FN3O3. The Hall–Kier alpha value is -2.83. The molecule has 2 amide bonds. The minimum atomic E-state index is -0.464. The van der Waals surface area contributed by atoms with Gasteiger partial charge in [-0.3, -0.25) is 0 Å². The summed E-state index contributed by atoms with van der Waals surface area (Å²) in [6, 6.07) is 7.50. The highest BCUT2D eigenvalue weighted by atomic mass is 19.1. The topological polar surface area (TPSA) is 72.5 Å². The van der Waals surface area contributed by atoms with E-state index in [1.807, 2.05) is 19.9 Å². The summed E-state index contributed by atoms with van der Waals surface area (Å²) in [5, 5.41) is 5.51. The van der Waals surface area contributed by atoms with Gasteiger partial charge in [0, 0.05) is 18.8 Å². The Labute approximate surface area is 152 Å². The second-order valence-electron chi connectivity index (χ2n) is 6.11. The number of urea groups is 1. The van der Waals surface area contributed by atoms with Gasteiger partial charge in [-0.15, -0.1) is 0 Å². The molecule has 0 aliphatic carbocycles. The van der Waals surface area contributed by atoms with Crippen molar-refractivity contribution in [2.24, 2.45) is 0 Å². The van der Waals surface area contributed by atoms with Gasteiger partial charge in [-0.05, 0) is 44.0 Å². The number of ether oxygens (including phenoxy) is 2. The fraction of sp³-hybridized carbons (Fsp3) is 0.368. The number of methoxy groups -OCH3 is 1. The molecule has 2 rings (SSSR count). The molecule has 0 saturated carbocycles. The van der Waals surface area contributed by atoms with Gasteiger partial charge in [0.1, 0.15) is 0 Å². The van der Waals surface area contributed by atoms with Gasteiger partial charge in [-0.25, -0.2) is 14.2 Å². The summed E-state index contributed by atoms with van der Waals surface area (Å²) in [6.07, 6.45) is 1.71. The Morgan fingerprint density at radius 3 is 2.58 bits per heavy atom. The number of carbonyl (C=O) groups excluding carboxylic acids is 1. The van der Waals surface area contributed by atoms with Gasteiger partial charge in [-0.1, -0.05) is 12.1 Å². The second-order valence-corrected chi connectivity index (χ2v) is 6.11. The van der Waals surface area contributed by atoms with Gasteiger partial charge in [0.05, 0.1) is 19.3 Å². The van der Waals surface area contributed by atoms with Crippen LogP contribution in [-0.2, 0) is 6.54 Å². The number of amides is 2. The van der Waals surface area contributed by atoms with Crippen molar-refractivity contribution in [2.75, 3.05) is 7.11 Å². The third-order valence-electron chi connectivity index (χ3n) is 3.63. The zero-order valence-corrected chi connectivity index (χ0v) is 15.4. The minimum absolute atomic E-state index is 0.0570. The monoisotopic (exact) mass is 361 g/mol. The molecular weight excluding hydrogens is 337 g/mol. The lowest BCUT2D eigenvalue weighted by Gasteiger charge is -2.16. The molecule has 0 saturated heterocycles. The first kappa shape index (κ1) is 19.5. The van der Waals surface area contributed by atoms with Gasteiger partial charge in [0.25, 0.3) is 0 Å². The van der Waals surface area contributed by atoms with E-state index in [0.717, 1.165) is 5.56 Å². The molecule has 1 aromatic carbocycles.